The summed E-state index contributed by atoms with van der Waals surface area (Å²) in [6.45, 7) is 8.48. The molecule has 3 heteroatoms. The van der Waals surface area contributed by atoms with Crippen LogP contribution in [0.2, 0.25) is 0 Å². The number of aliphatic hydroxyl groups excluding tert-OH is 1. The second-order valence-corrected chi connectivity index (χ2v) is 2.97. The van der Waals surface area contributed by atoms with Crippen LogP contribution in [0.3, 0.4) is 0 Å². The molecule has 0 aromatic carbocycles. The Labute approximate surface area is 82.4 Å². The average Bonchev–Trinajstić information content (AvgIpc) is 2.60. The maximum Gasteiger partial charge on any atom is 0.169 e. The van der Waals surface area contributed by atoms with Crippen LogP contribution >= 0.6 is 0 Å². The summed E-state index contributed by atoms with van der Waals surface area (Å²) in [4.78, 5) is 0. The predicted molar refractivity (Wildman–Crippen MR) is 54.2 cm³/mol. The van der Waals surface area contributed by atoms with E-state index in [4.69, 9.17) is 4.42 Å². The Morgan fingerprint density at radius 1 is 1.79 bits per heavy atom. The van der Waals surface area contributed by atoms with Crippen molar-refractivity contribution in [3.8, 4) is 0 Å². The van der Waals surface area contributed by atoms with Crippen molar-refractivity contribution in [2.24, 2.45) is 0 Å². The molecule has 0 aliphatic rings. The van der Waals surface area contributed by atoms with Gasteiger partial charge < -0.3 is 9.52 Å². The third kappa shape index (κ3) is 1.93. The van der Waals surface area contributed by atoms with E-state index < -0.39 is 11.9 Å². The molecule has 0 aliphatic carbocycles. The van der Waals surface area contributed by atoms with Crippen molar-refractivity contribution in [1.82, 2.24) is 0 Å². The lowest BCUT2D eigenvalue weighted by atomic mass is 10.2. The Bertz CT molecular complexity index is 352. The number of aliphatic hydroxyl groups is 1. The number of hydrogen-bond donors (Lipinski definition) is 1. The van der Waals surface area contributed by atoms with E-state index in [0.717, 1.165) is 0 Å². The van der Waals surface area contributed by atoms with Gasteiger partial charge in [0.15, 0.2) is 11.6 Å². The van der Waals surface area contributed by atoms with E-state index in [1.54, 1.807) is 6.07 Å². The fraction of sp³-hybridized carbons (Fsp3) is 0.273. The number of rotatable bonds is 4. The standard InChI is InChI=1S/C11H13FO2/c1-4-8-6-10(9(13)5-2)14-11(8)7(3)12/h4,6,9,13H,1,3,5H2,2H3/t9-/m0/s1. The van der Waals surface area contributed by atoms with Gasteiger partial charge in [0.25, 0.3) is 0 Å². The van der Waals surface area contributed by atoms with Crippen LogP contribution in [0.25, 0.3) is 11.9 Å². The zero-order valence-electron chi connectivity index (χ0n) is 8.09. The van der Waals surface area contributed by atoms with Crippen molar-refractivity contribution >= 4 is 11.9 Å². The van der Waals surface area contributed by atoms with Gasteiger partial charge in [-0.05, 0) is 12.5 Å². The topological polar surface area (TPSA) is 33.4 Å². The van der Waals surface area contributed by atoms with Crippen molar-refractivity contribution in [3.05, 3.63) is 36.3 Å². The molecule has 1 aromatic rings. The van der Waals surface area contributed by atoms with Crippen LogP contribution in [-0.2, 0) is 0 Å². The third-order valence-electron chi connectivity index (χ3n) is 1.96. The summed E-state index contributed by atoms with van der Waals surface area (Å²) in [5.41, 5.74) is 0.514. The van der Waals surface area contributed by atoms with Gasteiger partial charge in [0.1, 0.15) is 11.9 Å². The first-order valence-electron chi connectivity index (χ1n) is 4.39. The number of hydrogen-bond acceptors (Lipinski definition) is 2. The maximum atomic E-state index is 12.8. The van der Waals surface area contributed by atoms with Crippen LogP contribution < -0.4 is 0 Å². The highest BCUT2D eigenvalue weighted by Gasteiger charge is 2.16. The van der Waals surface area contributed by atoms with E-state index in [9.17, 15) is 9.50 Å². The summed E-state index contributed by atoms with van der Waals surface area (Å²) in [5, 5.41) is 9.46. The largest absolute Gasteiger partial charge is 0.455 e. The smallest absolute Gasteiger partial charge is 0.169 e. The fourth-order valence-electron chi connectivity index (χ4n) is 1.15. The van der Waals surface area contributed by atoms with Crippen molar-refractivity contribution in [2.45, 2.75) is 19.4 Å². The van der Waals surface area contributed by atoms with Crippen LogP contribution in [0, 0.1) is 0 Å². The van der Waals surface area contributed by atoms with Gasteiger partial charge in [0.05, 0.1) is 0 Å². The number of halogens is 1. The molecule has 1 aromatic heterocycles. The molecule has 76 valence electrons. The molecule has 0 fully saturated rings. The molecule has 1 N–H and O–H groups in total. The molecule has 1 heterocycles. The van der Waals surface area contributed by atoms with E-state index in [1.807, 2.05) is 6.92 Å². The highest BCUT2D eigenvalue weighted by molar-refractivity contribution is 5.65. The van der Waals surface area contributed by atoms with E-state index >= 15 is 0 Å². The first-order chi connectivity index (χ1) is 6.60. The normalized spacial score (nSPS) is 12.5. The predicted octanol–water partition coefficient (Wildman–Crippen LogP) is 3.31. The minimum Gasteiger partial charge on any atom is -0.455 e. The van der Waals surface area contributed by atoms with E-state index in [2.05, 4.69) is 13.2 Å². The third-order valence-corrected chi connectivity index (χ3v) is 1.96. The Balaban J connectivity index is 3.12. The Kier molecular flexibility index (Phi) is 3.25. The lowest BCUT2D eigenvalue weighted by Crippen LogP contribution is -1.91. The Hall–Kier alpha value is -1.35. The Morgan fingerprint density at radius 2 is 2.43 bits per heavy atom. The van der Waals surface area contributed by atoms with Gasteiger partial charge in [-0.25, -0.2) is 4.39 Å². The van der Waals surface area contributed by atoms with Gasteiger partial charge in [-0.2, -0.15) is 0 Å². The van der Waals surface area contributed by atoms with Crippen molar-refractivity contribution in [2.75, 3.05) is 0 Å². The zero-order valence-corrected chi connectivity index (χ0v) is 8.09. The summed E-state index contributed by atoms with van der Waals surface area (Å²) in [7, 11) is 0. The summed E-state index contributed by atoms with van der Waals surface area (Å²) in [6.07, 6.45) is 1.28. The molecule has 2 nitrogen and oxygen atoms in total. The number of furan rings is 1. The molecule has 0 bridgehead atoms. The molecule has 0 unspecified atom stereocenters. The molecular formula is C11H13FO2. The van der Waals surface area contributed by atoms with Crippen LogP contribution in [0.5, 0.6) is 0 Å². The first kappa shape index (κ1) is 10.7. The van der Waals surface area contributed by atoms with Crippen LogP contribution in [0.1, 0.15) is 36.5 Å². The molecule has 0 saturated heterocycles. The molecule has 0 spiro atoms. The fourth-order valence-corrected chi connectivity index (χ4v) is 1.15. The quantitative estimate of drug-likeness (QED) is 0.801. The minimum absolute atomic E-state index is 0.0440. The molecule has 14 heavy (non-hydrogen) atoms. The summed E-state index contributed by atoms with van der Waals surface area (Å²) in [6, 6.07) is 1.57. The zero-order chi connectivity index (χ0) is 10.7. The molecular weight excluding hydrogens is 183 g/mol. The van der Waals surface area contributed by atoms with E-state index in [0.29, 0.717) is 17.7 Å². The summed E-state index contributed by atoms with van der Waals surface area (Å²) in [5.74, 6) is -0.270. The second kappa shape index (κ2) is 4.24. The van der Waals surface area contributed by atoms with Crippen molar-refractivity contribution in [3.63, 3.8) is 0 Å². The summed E-state index contributed by atoms with van der Waals surface area (Å²) >= 11 is 0. The molecule has 0 radical (unpaired) electrons. The van der Waals surface area contributed by atoms with Gasteiger partial charge in [0.2, 0.25) is 0 Å². The van der Waals surface area contributed by atoms with Gasteiger partial charge in [-0.15, -0.1) is 0 Å². The highest BCUT2D eigenvalue weighted by atomic mass is 19.1. The van der Waals surface area contributed by atoms with Gasteiger partial charge in [0, 0.05) is 5.56 Å². The molecule has 1 rings (SSSR count). The van der Waals surface area contributed by atoms with Crippen molar-refractivity contribution in [1.29, 1.82) is 0 Å². The monoisotopic (exact) mass is 196 g/mol. The molecule has 0 saturated carbocycles. The molecule has 1 atom stereocenters. The van der Waals surface area contributed by atoms with Gasteiger partial charge in [-0.3, -0.25) is 0 Å². The van der Waals surface area contributed by atoms with E-state index in [-0.39, 0.29) is 5.76 Å². The van der Waals surface area contributed by atoms with Gasteiger partial charge >= 0.3 is 0 Å². The summed E-state index contributed by atoms with van der Waals surface area (Å²) < 4.78 is 18.0. The maximum absolute atomic E-state index is 12.8. The van der Waals surface area contributed by atoms with Crippen LogP contribution in [-0.4, -0.2) is 5.11 Å². The van der Waals surface area contributed by atoms with Crippen LogP contribution in [0.15, 0.2) is 23.6 Å². The SMILES string of the molecule is C=Cc1cc([C@@H](O)CC)oc1C(=C)F. The molecule has 0 amide bonds. The minimum atomic E-state index is -0.707. The van der Waals surface area contributed by atoms with Crippen LogP contribution in [0.4, 0.5) is 4.39 Å². The average molecular weight is 196 g/mol. The van der Waals surface area contributed by atoms with E-state index in [1.165, 1.54) is 6.08 Å². The Morgan fingerprint density at radius 3 is 2.79 bits per heavy atom. The van der Waals surface area contributed by atoms with Gasteiger partial charge in [-0.1, -0.05) is 26.2 Å². The van der Waals surface area contributed by atoms with Crippen molar-refractivity contribution < 1.29 is 13.9 Å². The lowest BCUT2D eigenvalue weighted by Gasteiger charge is -2.01. The highest BCUT2D eigenvalue weighted by Crippen LogP contribution is 2.28. The second-order valence-electron chi connectivity index (χ2n) is 2.97. The lowest BCUT2D eigenvalue weighted by molar-refractivity contribution is 0.145. The molecule has 0 aliphatic heterocycles. The first-order valence-corrected chi connectivity index (χ1v) is 4.39.